The largest absolute Gasteiger partial charge is 0.346 e. The fourth-order valence-corrected chi connectivity index (χ4v) is 2.30. The van der Waals surface area contributed by atoms with Gasteiger partial charge >= 0.3 is 0 Å². The van der Waals surface area contributed by atoms with Gasteiger partial charge in [-0.3, -0.25) is 0 Å². The minimum atomic E-state index is 0.957. The molecular weight excluding hydrogens is 252 g/mol. The molecule has 3 rings (SSSR count). The Morgan fingerprint density at radius 1 is 1.33 bits per heavy atom. The molecule has 0 saturated carbocycles. The van der Waals surface area contributed by atoms with Crippen LogP contribution in [0.15, 0.2) is 35.1 Å². The number of benzene rings is 1. The van der Waals surface area contributed by atoms with E-state index in [2.05, 4.69) is 45.0 Å². The van der Waals surface area contributed by atoms with Gasteiger partial charge in [0.2, 0.25) is 0 Å². The van der Waals surface area contributed by atoms with Crippen molar-refractivity contribution in [1.29, 1.82) is 0 Å². The van der Waals surface area contributed by atoms with E-state index in [0.29, 0.717) is 0 Å². The zero-order chi connectivity index (χ0) is 10.4. The summed E-state index contributed by atoms with van der Waals surface area (Å²) in [6.07, 6.45) is 3.90. The van der Waals surface area contributed by atoms with Crippen LogP contribution in [0.1, 0.15) is 5.56 Å². The average Bonchev–Trinajstić information content (AvgIpc) is 2.60. The summed E-state index contributed by atoms with van der Waals surface area (Å²) in [7, 11) is 0. The van der Waals surface area contributed by atoms with Gasteiger partial charge in [0, 0.05) is 27.6 Å². The molecular formula is C12H9BrN2. The number of aromatic amines is 1. The van der Waals surface area contributed by atoms with Crippen LogP contribution < -0.4 is 0 Å². The van der Waals surface area contributed by atoms with E-state index >= 15 is 0 Å². The second-order valence-corrected chi connectivity index (χ2v) is 4.60. The summed E-state index contributed by atoms with van der Waals surface area (Å²) >= 11 is 3.50. The minimum absolute atomic E-state index is 0.957. The Balaban J connectivity index is 2.61. The van der Waals surface area contributed by atoms with Crippen LogP contribution in [0.4, 0.5) is 0 Å². The maximum atomic E-state index is 4.39. The Kier molecular flexibility index (Phi) is 1.83. The second-order valence-electron chi connectivity index (χ2n) is 3.69. The van der Waals surface area contributed by atoms with E-state index in [-0.39, 0.29) is 0 Å². The smallest absolute Gasteiger partial charge is 0.138 e. The van der Waals surface area contributed by atoms with Crippen molar-refractivity contribution in [1.82, 2.24) is 9.97 Å². The van der Waals surface area contributed by atoms with E-state index in [1.165, 1.54) is 21.7 Å². The molecule has 1 N–H and O–H groups in total. The monoisotopic (exact) mass is 260 g/mol. The van der Waals surface area contributed by atoms with Crippen molar-refractivity contribution < 1.29 is 0 Å². The van der Waals surface area contributed by atoms with Crippen molar-refractivity contribution >= 4 is 37.7 Å². The molecule has 0 bridgehead atoms. The fraction of sp³-hybridized carbons (Fsp3) is 0.0833. The number of pyridine rings is 1. The molecule has 1 aromatic carbocycles. The predicted octanol–water partition coefficient (Wildman–Crippen LogP) is 3.79. The number of hydrogen-bond donors (Lipinski definition) is 1. The molecule has 0 aliphatic heterocycles. The van der Waals surface area contributed by atoms with Crippen LogP contribution in [0.2, 0.25) is 0 Å². The van der Waals surface area contributed by atoms with Crippen molar-refractivity contribution in [3.8, 4) is 0 Å². The number of H-pyrrole nitrogens is 1. The lowest BCUT2D eigenvalue weighted by molar-refractivity contribution is 1.33. The lowest BCUT2D eigenvalue weighted by Gasteiger charge is -2.00. The van der Waals surface area contributed by atoms with Crippen LogP contribution in [-0.2, 0) is 0 Å². The highest BCUT2D eigenvalue weighted by atomic mass is 79.9. The van der Waals surface area contributed by atoms with Gasteiger partial charge in [0.05, 0.1) is 0 Å². The SMILES string of the molecule is Cc1c[nH]c2ncc3ccc(Br)cc3c12. The molecule has 2 aromatic heterocycles. The first-order valence-electron chi connectivity index (χ1n) is 4.77. The van der Waals surface area contributed by atoms with E-state index in [9.17, 15) is 0 Å². The van der Waals surface area contributed by atoms with Crippen molar-refractivity contribution in [2.75, 3.05) is 0 Å². The zero-order valence-corrected chi connectivity index (χ0v) is 9.80. The van der Waals surface area contributed by atoms with Gasteiger partial charge < -0.3 is 4.98 Å². The maximum absolute atomic E-state index is 4.39. The van der Waals surface area contributed by atoms with Crippen molar-refractivity contribution in [2.45, 2.75) is 6.92 Å². The molecule has 3 aromatic rings. The Morgan fingerprint density at radius 2 is 2.20 bits per heavy atom. The quantitative estimate of drug-likeness (QED) is 0.655. The van der Waals surface area contributed by atoms with Gasteiger partial charge in [0.25, 0.3) is 0 Å². The van der Waals surface area contributed by atoms with Gasteiger partial charge in [-0.05, 0) is 30.0 Å². The van der Waals surface area contributed by atoms with E-state index in [0.717, 1.165) is 10.1 Å². The Hall–Kier alpha value is -1.35. The highest BCUT2D eigenvalue weighted by molar-refractivity contribution is 9.10. The summed E-state index contributed by atoms with van der Waals surface area (Å²) in [6.45, 7) is 2.10. The molecule has 0 saturated heterocycles. The molecule has 2 nitrogen and oxygen atoms in total. The third-order valence-corrected chi connectivity index (χ3v) is 3.17. The van der Waals surface area contributed by atoms with Gasteiger partial charge in [-0.25, -0.2) is 4.98 Å². The molecule has 0 amide bonds. The molecule has 0 unspecified atom stereocenters. The molecule has 74 valence electrons. The summed E-state index contributed by atoms with van der Waals surface area (Å²) in [5.41, 5.74) is 2.19. The second kappa shape index (κ2) is 3.07. The van der Waals surface area contributed by atoms with Gasteiger partial charge in [-0.2, -0.15) is 0 Å². The van der Waals surface area contributed by atoms with E-state index in [4.69, 9.17) is 0 Å². The Morgan fingerprint density at radius 3 is 3.07 bits per heavy atom. The van der Waals surface area contributed by atoms with Gasteiger partial charge in [-0.15, -0.1) is 0 Å². The van der Waals surface area contributed by atoms with Crippen molar-refractivity contribution in [2.24, 2.45) is 0 Å². The van der Waals surface area contributed by atoms with Crippen LogP contribution >= 0.6 is 15.9 Å². The zero-order valence-electron chi connectivity index (χ0n) is 8.21. The number of nitrogens with one attached hydrogen (secondary N) is 1. The Bertz CT molecular complexity index is 655. The third kappa shape index (κ3) is 1.27. The topological polar surface area (TPSA) is 28.7 Å². The molecule has 0 aliphatic rings. The minimum Gasteiger partial charge on any atom is -0.346 e. The number of rotatable bonds is 0. The molecule has 0 atom stereocenters. The van der Waals surface area contributed by atoms with Gasteiger partial charge in [0.1, 0.15) is 5.65 Å². The first-order chi connectivity index (χ1) is 7.25. The van der Waals surface area contributed by atoms with Crippen molar-refractivity contribution in [3.63, 3.8) is 0 Å². The number of aromatic nitrogens is 2. The summed E-state index contributed by atoms with van der Waals surface area (Å²) in [5.74, 6) is 0. The lowest BCUT2D eigenvalue weighted by atomic mass is 10.1. The molecule has 0 aliphatic carbocycles. The van der Waals surface area contributed by atoms with Crippen LogP contribution in [0.5, 0.6) is 0 Å². The highest BCUT2D eigenvalue weighted by Gasteiger charge is 2.05. The molecule has 0 spiro atoms. The third-order valence-electron chi connectivity index (χ3n) is 2.67. The average molecular weight is 261 g/mol. The fourth-order valence-electron chi connectivity index (χ4n) is 1.94. The van der Waals surface area contributed by atoms with Crippen LogP contribution in [-0.4, -0.2) is 9.97 Å². The van der Waals surface area contributed by atoms with Crippen LogP contribution in [0.25, 0.3) is 21.8 Å². The maximum Gasteiger partial charge on any atom is 0.138 e. The number of aryl methyl sites for hydroxylation is 1. The standard InChI is InChI=1S/C12H9BrN2/c1-7-5-14-12-11(7)10-4-9(13)3-2-8(10)6-15-12/h2-6H,1H3,(H,14,15). The number of nitrogens with zero attached hydrogens (tertiary/aromatic N) is 1. The summed E-state index contributed by atoms with van der Waals surface area (Å²) in [5, 5.41) is 3.63. The molecule has 3 heteroatoms. The number of hydrogen-bond acceptors (Lipinski definition) is 1. The Labute approximate surface area is 95.5 Å². The summed E-state index contributed by atoms with van der Waals surface area (Å²) < 4.78 is 1.10. The molecule has 0 fully saturated rings. The summed E-state index contributed by atoms with van der Waals surface area (Å²) in [4.78, 5) is 7.56. The lowest BCUT2D eigenvalue weighted by Crippen LogP contribution is -1.80. The molecule has 0 radical (unpaired) electrons. The van der Waals surface area contributed by atoms with E-state index < -0.39 is 0 Å². The van der Waals surface area contributed by atoms with Crippen LogP contribution in [0.3, 0.4) is 0 Å². The number of fused-ring (bicyclic) bond motifs is 3. The number of halogens is 1. The summed E-state index contributed by atoms with van der Waals surface area (Å²) in [6, 6.07) is 6.26. The molecule has 2 heterocycles. The van der Waals surface area contributed by atoms with Crippen molar-refractivity contribution in [3.05, 3.63) is 40.6 Å². The van der Waals surface area contributed by atoms with Gasteiger partial charge in [0.15, 0.2) is 0 Å². The first-order valence-corrected chi connectivity index (χ1v) is 5.57. The van der Waals surface area contributed by atoms with E-state index in [1.54, 1.807) is 0 Å². The normalized spacial score (nSPS) is 11.3. The van der Waals surface area contributed by atoms with Crippen LogP contribution in [0, 0.1) is 6.92 Å². The predicted molar refractivity (Wildman–Crippen MR) is 66.0 cm³/mol. The first kappa shape index (κ1) is 8.92. The van der Waals surface area contributed by atoms with E-state index in [1.807, 2.05) is 18.5 Å². The molecule has 15 heavy (non-hydrogen) atoms. The highest BCUT2D eigenvalue weighted by Crippen LogP contribution is 2.28. The van der Waals surface area contributed by atoms with Gasteiger partial charge in [-0.1, -0.05) is 22.0 Å².